The van der Waals surface area contributed by atoms with E-state index in [-0.39, 0.29) is 6.04 Å². The highest BCUT2D eigenvalue weighted by molar-refractivity contribution is 5.32. The smallest absolute Gasteiger partial charge is 0.0815 e. The third kappa shape index (κ3) is 3.25. The number of hydrogen-bond donors (Lipinski definition) is 1. The van der Waals surface area contributed by atoms with Gasteiger partial charge in [-0.15, -0.1) is 5.10 Å². The molecule has 0 radical (unpaired) electrons. The van der Waals surface area contributed by atoms with E-state index in [4.69, 9.17) is 5.73 Å². The second kappa shape index (κ2) is 7.20. The van der Waals surface area contributed by atoms with Crippen molar-refractivity contribution >= 4 is 0 Å². The molecule has 0 fully saturated rings. The van der Waals surface area contributed by atoms with Crippen LogP contribution in [0.1, 0.15) is 51.3 Å². The quantitative estimate of drug-likeness (QED) is 0.839. The Morgan fingerprint density at radius 1 is 1.20 bits per heavy atom. The molecule has 2 atom stereocenters. The summed E-state index contributed by atoms with van der Waals surface area (Å²) in [5.41, 5.74) is 8.49. The largest absolute Gasteiger partial charge is 0.322 e. The van der Waals surface area contributed by atoms with Crippen molar-refractivity contribution in [3.8, 4) is 5.69 Å². The summed E-state index contributed by atoms with van der Waals surface area (Å²) in [5, 5.41) is 8.24. The molecule has 1 aromatic heterocycles. The van der Waals surface area contributed by atoms with Crippen molar-refractivity contribution in [2.45, 2.75) is 45.6 Å². The van der Waals surface area contributed by atoms with Crippen LogP contribution < -0.4 is 5.73 Å². The Hall–Kier alpha value is -1.68. The molecule has 0 saturated carbocycles. The van der Waals surface area contributed by atoms with Gasteiger partial charge in [0.1, 0.15) is 0 Å². The predicted molar refractivity (Wildman–Crippen MR) is 81.6 cm³/mol. The SMILES string of the molecule is CCCCC(CC)C(N)c1cnnn1-c1ccccc1. The first-order chi connectivity index (χ1) is 9.77. The van der Waals surface area contributed by atoms with E-state index in [2.05, 4.69) is 24.2 Å². The highest BCUT2D eigenvalue weighted by Crippen LogP contribution is 2.27. The van der Waals surface area contributed by atoms with Gasteiger partial charge in [-0.25, -0.2) is 4.68 Å². The van der Waals surface area contributed by atoms with Gasteiger partial charge in [-0.3, -0.25) is 0 Å². The van der Waals surface area contributed by atoms with Crippen LogP contribution in [-0.2, 0) is 0 Å². The van der Waals surface area contributed by atoms with Crippen LogP contribution in [0.5, 0.6) is 0 Å². The van der Waals surface area contributed by atoms with Gasteiger partial charge in [0, 0.05) is 0 Å². The molecule has 0 aliphatic rings. The fourth-order valence-electron chi connectivity index (χ4n) is 2.59. The summed E-state index contributed by atoms with van der Waals surface area (Å²) in [5.74, 6) is 0.482. The maximum atomic E-state index is 6.47. The van der Waals surface area contributed by atoms with Gasteiger partial charge in [0.05, 0.1) is 23.6 Å². The minimum absolute atomic E-state index is 0.0123. The number of nitrogens with two attached hydrogens (primary N) is 1. The molecule has 2 aromatic rings. The highest BCUT2D eigenvalue weighted by Gasteiger charge is 2.22. The van der Waals surface area contributed by atoms with Crippen molar-refractivity contribution < 1.29 is 0 Å². The van der Waals surface area contributed by atoms with Crippen molar-refractivity contribution in [1.29, 1.82) is 0 Å². The summed E-state index contributed by atoms with van der Waals surface area (Å²) >= 11 is 0. The van der Waals surface area contributed by atoms with Gasteiger partial charge in [0.25, 0.3) is 0 Å². The van der Waals surface area contributed by atoms with Gasteiger partial charge in [0.15, 0.2) is 0 Å². The van der Waals surface area contributed by atoms with Crippen molar-refractivity contribution in [3.05, 3.63) is 42.2 Å². The number of benzene rings is 1. The normalized spacial score (nSPS) is 14.2. The molecule has 1 heterocycles. The van der Waals surface area contributed by atoms with Gasteiger partial charge in [-0.2, -0.15) is 0 Å². The highest BCUT2D eigenvalue weighted by atomic mass is 15.4. The molecule has 1 aromatic carbocycles. The molecule has 0 bridgehead atoms. The zero-order valence-electron chi connectivity index (χ0n) is 12.4. The van der Waals surface area contributed by atoms with Gasteiger partial charge < -0.3 is 5.73 Å². The first kappa shape index (κ1) is 14.7. The molecule has 4 heteroatoms. The molecule has 0 saturated heterocycles. The Bertz CT molecular complexity index is 506. The maximum Gasteiger partial charge on any atom is 0.0815 e. The fraction of sp³-hybridized carbons (Fsp3) is 0.500. The van der Waals surface area contributed by atoms with Crippen LogP contribution in [0, 0.1) is 5.92 Å². The first-order valence-corrected chi connectivity index (χ1v) is 7.49. The average Bonchev–Trinajstić information content (AvgIpc) is 2.98. The van der Waals surface area contributed by atoms with Crippen LogP contribution in [0.15, 0.2) is 36.5 Å². The molecule has 0 spiro atoms. The summed E-state index contributed by atoms with van der Waals surface area (Å²) in [4.78, 5) is 0. The predicted octanol–water partition coefficient (Wildman–Crippen LogP) is 3.48. The Labute approximate surface area is 121 Å². The minimum atomic E-state index is -0.0123. The molecule has 2 rings (SSSR count). The molecule has 2 N–H and O–H groups in total. The number of para-hydroxylation sites is 1. The van der Waals surface area contributed by atoms with E-state index in [1.807, 2.05) is 35.0 Å². The summed E-state index contributed by atoms with van der Waals surface area (Å²) in [6, 6.07) is 10.0. The molecule has 4 nitrogen and oxygen atoms in total. The van der Waals surface area contributed by atoms with Crippen molar-refractivity contribution in [2.75, 3.05) is 0 Å². The number of aromatic nitrogens is 3. The Balaban J connectivity index is 2.22. The number of rotatable bonds is 7. The monoisotopic (exact) mass is 272 g/mol. The molecule has 2 unspecified atom stereocenters. The van der Waals surface area contributed by atoms with Crippen LogP contribution in [0.25, 0.3) is 5.69 Å². The zero-order chi connectivity index (χ0) is 14.4. The van der Waals surface area contributed by atoms with Crippen LogP contribution in [-0.4, -0.2) is 15.0 Å². The van der Waals surface area contributed by atoms with Crippen molar-refractivity contribution in [1.82, 2.24) is 15.0 Å². The lowest BCUT2D eigenvalue weighted by molar-refractivity contribution is 0.368. The second-order valence-corrected chi connectivity index (χ2v) is 5.24. The standard InChI is InChI=1S/C16H24N4/c1-3-5-9-13(4-2)16(17)15-12-18-19-20(15)14-10-7-6-8-11-14/h6-8,10-13,16H,3-5,9,17H2,1-2H3. The van der Waals surface area contributed by atoms with Gasteiger partial charge >= 0.3 is 0 Å². The second-order valence-electron chi connectivity index (χ2n) is 5.24. The fourth-order valence-corrected chi connectivity index (χ4v) is 2.59. The van der Waals surface area contributed by atoms with Crippen LogP contribution in [0.4, 0.5) is 0 Å². The van der Waals surface area contributed by atoms with E-state index < -0.39 is 0 Å². The summed E-state index contributed by atoms with van der Waals surface area (Å²) < 4.78 is 1.86. The Morgan fingerprint density at radius 2 is 1.95 bits per heavy atom. The lowest BCUT2D eigenvalue weighted by Gasteiger charge is -2.22. The molecule has 0 aliphatic carbocycles. The number of hydrogen-bond acceptors (Lipinski definition) is 3. The van der Waals surface area contributed by atoms with E-state index in [9.17, 15) is 0 Å². The Morgan fingerprint density at radius 3 is 2.60 bits per heavy atom. The van der Waals surface area contributed by atoms with Crippen molar-refractivity contribution in [2.24, 2.45) is 11.7 Å². The summed E-state index contributed by atoms with van der Waals surface area (Å²) in [6.07, 6.45) is 6.47. The lowest BCUT2D eigenvalue weighted by atomic mass is 9.90. The van der Waals surface area contributed by atoms with Gasteiger partial charge in [-0.05, 0) is 24.5 Å². The Kier molecular flexibility index (Phi) is 5.30. The zero-order valence-corrected chi connectivity index (χ0v) is 12.4. The van der Waals surface area contributed by atoms with E-state index >= 15 is 0 Å². The molecule has 108 valence electrons. The van der Waals surface area contributed by atoms with E-state index in [1.54, 1.807) is 6.20 Å². The molecule has 20 heavy (non-hydrogen) atoms. The van der Waals surface area contributed by atoms with Crippen LogP contribution in [0.3, 0.4) is 0 Å². The minimum Gasteiger partial charge on any atom is -0.322 e. The van der Waals surface area contributed by atoms with Crippen LogP contribution in [0.2, 0.25) is 0 Å². The van der Waals surface area contributed by atoms with Gasteiger partial charge in [0.2, 0.25) is 0 Å². The third-order valence-electron chi connectivity index (χ3n) is 3.88. The number of unbranched alkanes of at least 4 members (excludes halogenated alkanes) is 1. The molecule has 0 amide bonds. The topological polar surface area (TPSA) is 56.7 Å². The van der Waals surface area contributed by atoms with Crippen molar-refractivity contribution in [3.63, 3.8) is 0 Å². The number of nitrogens with zero attached hydrogens (tertiary/aromatic N) is 3. The lowest BCUT2D eigenvalue weighted by Crippen LogP contribution is -2.24. The molecular formula is C16H24N4. The van der Waals surface area contributed by atoms with E-state index in [0.29, 0.717) is 5.92 Å². The molecular weight excluding hydrogens is 248 g/mol. The van der Waals surface area contributed by atoms with Gasteiger partial charge in [-0.1, -0.05) is 56.5 Å². The van der Waals surface area contributed by atoms with E-state index in [1.165, 1.54) is 12.8 Å². The van der Waals surface area contributed by atoms with E-state index in [0.717, 1.165) is 24.2 Å². The average molecular weight is 272 g/mol. The first-order valence-electron chi connectivity index (χ1n) is 7.49. The third-order valence-corrected chi connectivity index (χ3v) is 3.88. The maximum absolute atomic E-state index is 6.47. The summed E-state index contributed by atoms with van der Waals surface area (Å²) in [6.45, 7) is 4.42. The molecule has 0 aliphatic heterocycles. The summed E-state index contributed by atoms with van der Waals surface area (Å²) in [7, 11) is 0. The van der Waals surface area contributed by atoms with Crippen LogP contribution >= 0.6 is 0 Å².